The van der Waals surface area contributed by atoms with Gasteiger partial charge < -0.3 is 19.7 Å². The number of carbonyl (C=O) groups excluding carboxylic acids is 1. The summed E-state index contributed by atoms with van der Waals surface area (Å²) in [6.45, 7) is 0.716. The van der Waals surface area contributed by atoms with E-state index < -0.39 is 0 Å². The summed E-state index contributed by atoms with van der Waals surface area (Å²) in [5, 5.41) is 3.12. The Bertz CT molecular complexity index is 1140. The van der Waals surface area contributed by atoms with Crippen LogP contribution in [0.1, 0.15) is 35.6 Å². The lowest BCUT2D eigenvalue weighted by molar-refractivity contribution is 0.206. The zero-order valence-electron chi connectivity index (χ0n) is 17.9. The average molecular weight is 415 g/mol. The normalized spacial score (nSPS) is 16.6. The second kappa shape index (κ2) is 7.99. The molecule has 158 valence electrons. The first-order valence-corrected chi connectivity index (χ1v) is 10.7. The van der Waals surface area contributed by atoms with E-state index in [1.165, 1.54) is 22.3 Å². The lowest BCUT2D eigenvalue weighted by Gasteiger charge is -2.27. The van der Waals surface area contributed by atoms with E-state index in [0.29, 0.717) is 6.54 Å². The maximum Gasteiger partial charge on any atom is 0.322 e. The molecule has 1 N–H and O–H groups in total. The van der Waals surface area contributed by atoms with Gasteiger partial charge in [0.15, 0.2) is 0 Å². The number of fused-ring (bicyclic) bond motifs is 3. The van der Waals surface area contributed by atoms with Gasteiger partial charge in [0.25, 0.3) is 0 Å². The van der Waals surface area contributed by atoms with Crippen molar-refractivity contribution in [2.45, 2.75) is 25.3 Å². The Hall–Kier alpha value is -3.47. The number of hydrogen-bond donors (Lipinski definition) is 1. The summed E-state index contributed by atoms with van der Waals surface area (Å²) in [6.07, 6.45) is 2.76. The Labute approximate surface area is 182 Å². The third-order valence-corrected chi connectivity index (χ3v) is 6.35. The zero-order chi connectivity index (χ0) is 21.4. The zero-order valence-corrected chi connectivity index (χ0v) is 17.9. The van der Waals surface area contributed by atoms with Crippen LogP contribution < -0.4 is 14.8 Å². The number of hydrogen-bond acceptors (Lipinski definition) is 3. The molecule has 0 aromatic heterocycles. The highest BCUT2D eigenvalue weighted by atomic mass is 16.5. The summed E-state index contributed by atoms with van der Waals surface area (Å²) in [5.74, 6) is 1.54. The lowest BCUT2D eigenvalue weighted by atomic mass is 10.0. The van der Waals surface area contributed by atoms with E-state index in [9.17, 15) is 4.79 Å². The van der Waals surface area contributed by atoms with E-state index in [-0.39, 0.29) is 12.1 Å². The van der Waals surface area contributed by atoms with Gasteiger partial charge in [0.2, 0.25) is 0 Å². The van der Waals surface area contributed by atoms with Crippen molar-refractivity contribution >= 4 is 11.7 Å². The van der Waals surface area contributed by atoms with E-state index in [0.717, 1.165) is 42.0 Å². The standard InChI is InChI=1S/C26H26N2O3/c1-30-20-10-12-25(31-2)23(16-20)24-8-5-13-28(24)26(29)27-19-9-11-22-18(15-19)14-17-6-3-4-7-21(17)22/h3-4,6-7,9-12,15-16,24H,5,8,13-14H2,1-2H3,(H,27,29). The Morgan fingerprint density at radius 1 is 0.968 bits per heavy atom. The fraction of sp³-hybridized carbons (Fsp3) is 0.269. The number of anilines is 1. The third kappa shape index (κ3) is 3.50. The molecule has 0 spiro atoms. The number of amides is 2. The van der Waals surface area contributed by atoms with E-state index in [1.54, 1.807) is 14.2 Å². The summed E-state index contributed by atoms with van der Waals surface area (Å²) in [4.78, 5) is 15.1. The molecule has 2 aliphatic rings. The first kappa shape index (κ1) is 19.5. The van der Waals surface area contributed by atoms with Crippen molar-refractivity contribution in [1.82, 2.24) is 4.90 Å². The van der Waals surface area contributed by atoms with Gasteiger partial charge in [-0.1, -0.05) is 30.3 Å². The van der Waals surface area contributed by atoms with Crippen LogP contribution in [0.4, 0.5) is 10.5 Å². The van der Waals surface area contributed by atoms with E-state index in [4.69, 9.17) is 9.47 Å². The minimum atomic E-state index is -0.0807. The Balaban J connectivity index is 1.37. The number of likely N-dealkylation sites (tertiary alicyclic amines) is 1. The van der Waals surface area contributed by atoms with Gasteiger partial charge in [-0.05, 0) is 71.8 Å². The molecule has 1 heterocycles. The fourth-order valence-corrected chi connectivity index (χ4v) is 4.85. The van der Waals surface area contributed by atoms with Gasteiger partial charge in [0.1, 0.15) is 11.5 Å². The summed E-state index contributed by atoms with van der Waals surface area (Å²) in [5.41, 5.74) is 6.96. The number of benzene rings is 3. The highest BCUT2D eigenvalue weighted by Crippen LogP contribution is 2.40. The van der Waals surface area contributed by atoms with Crippen molar-refractivity contribution in [3.8, 4) is 22.6 Å². The van der Waals surface area contributed by atoms with Crippen LogP contribution in [-0.4, -0.2) is 31.7 Å². The van der Waals surface area contributed by atoms with Crippen molar-refractivity contribution in [1.29, 1.82) is 0 Å². The van der Waals surface area contributed by atoms with Crippen LogP contribution >= 0.6 is 0 Å². The number of nitrogens with one attached hydrogen (secondary N) is 1. The predicted molar refractivity (Wildman–Crippen MR) is 122 cm³/mol. The van der Waals surface area contributed by atoms with Crippen molar-refractivity contribution in [3.05, 3.63) is 77.4 Å². The molecular weight excluding hydrogens is 388 g/mol. The number of urea groups is 1. The number of ether oxygens (including phenoxy) is 2. The van der Waals surface area contributed by atoms with E-state index >= 15 is 0 Å². The van der Waals surface area contributed by atoms with E-state index in [2.05, 4.69) is 41.7 Å². The topological polar surface area (TPSA) is 50.8 Å². The number of rotatable bonds is 4. The molecule has 1 atom stereocenters. The monoisotopic (exact) mass is 414 g/mol. The molecule has 5 rings (SSSR count). The molecule has 1 aliphatic carbocycles. The quantitative estimate of drug-likeness (QED) is 0.470. The summed E-state index contributed by atoms with van der Waals surface area (Å²) in [6, 6.07) is 20.3. The van der Waals surface area contributed by atoms with Crippen LogP contribution in [-0.2, 0) is 6.42 Å². The van der Waals surface area contributed by atoms with Crippen LogP contribution in [0, 0.1) is 0 Å². The molecule has 1 saturated heterocycles. The van der Waals surface area contributed by atoms with E-state index in [1.807, 2.05) is 29.2 Å². The van der Waals surface area contributed by atoms with Gasteiger partial charge in [-0.2, -0.15) is 0 Å². The second-order valence-corrected chi connectivity index (χ2v) is 8.10. The van der Waals surface area contributed by atoms with Crippen LogP contribution in [0.15, 0.2) is 60.7 Å². The first-order valence-electron chi connectivity index (χ1n) is 10.7. The van der Waals surface area contributed by atoms with Crippen LogP contribution in [0.2, 0.25) is 0 Å². The molecule has 31 heavy (non-hydrogen) atoms. The molecule has 5 heteroatoms. The fourth-order valence-electron chi connectivity index (χ4n) is 4.85. The summed E-state index contributed by atoms with van der Waals surface area (Å²) in [7, 11) is 3.31. The predicted octanol–water partition coefficient (Wildman–Crippen LogP) is 5.64. The molecule has 3 aromatic carbocycles. The largest absolute Gasteiger partial charge is 0.497 e. The maximum atomic E-state index is 13.2. The van der Waals surface area contributed by atoms with Crippen molar-refractivity contribution < 1.29 is 14.3 Å². The van der Waals surface area contributed by atoms with Crippen LogP contribution in [0.5, 0.6) is 11.5 Å². The van der Waals surface area contributed by atoms with Crippen molar-refractivity contribution in [3.63, 3.8) is 0 Å². The molecule has 3 aromatic rings. The second-order valence-electron chi connectivity index (χ2n) is 8.10. The molecule has 1 aliphatic heterocycles. The number of methoxy groups -OCH3 is 2. The average Bonchev–Trinajstić information content (AvgIpc) is 3.43. The highest BCUT2D eigenvalue weighted by molar-refractivity contribution is 5.91. The Morgan fingerprint density at radius 3 is 2.65 bits per heavy atom. The number of carbonyl (C=O) groups is 1. The molecule has 5 nitrogen and oxygen atoms in total. The summed E-state index contributed by atoms with van der Waals surface area (Å²) < 4.78 is 11.0. The maximum absolute atomic E-state index is 13.2. The highest BCUT2D eigenvalue weighted by Gasteiger charge is 2.32. The van der Waals surface area contributed by atoms with Crippen LogP contribution in [0.3, 0.4) is 0 Å². The first-order chi connectivity index (χ1) is 15.2. The van der Waals surface area contributed by atoms with Gasteiger partial charge in [-0.15, -0.1) is 0 Å². The smallest absolute Gasteiger partial charge is 0.322 e. The Kier molecular flexibility index (Phi) is 5.02. The minimum Gasteiger partial charge on any atom is -0.497 e. The number of nitrogens with zero attached hydrogens (tertiary/aromatic N) is 1. The molecule has 1 unspecified atom stereocenters. The minimum absolute atomic E-state index is 0.0382. The van der Waals surface area contributed by atoms with Crippen molar-refractivity contribution in [2.75, 3.05) is 26.1 Å². The van der Waals surface area contributed by atoms with Gasteiger partial charge in [0.05, 0.1) is 20.3 Å². The van der Waals surface area contributed by atoms with Crippen LogP contribution in [0.25, 0.3) is 11.1 Å². The molecule has 1 fully saturated rings. The molecular formula is C26H26N2O3. The molecule has 2 amide bonds. The third-order valence-electron chi connectivity index (χ3n) is 6.35. The van der Waals surface area contributed by atoms with Gasteiger partial charge >= 0.3 is 6.03 Å². The van der Waals surface area contributed by atoms with Gasteiger partial charge in [0, 0.05) is 17.8 Å². The van der Waals surface area contributed by atoms with Gasteiger partial charge in [-0.3, -0.25) is 0 Å². The van der Waals surface area contributed by atoms with Crippen molar-refractivity contribution in [2.24, 2.45) is 0 Å². The lowest BCUT2D eigenvalue weighted by Crippen LogP contribution is -2.34. The van der Waals surface area contributed by atoms with Gasteiger partial charge in [-0.25, -0.2) is 4.79 Å². The molecule has 0 radical (unpaired) electrons. The molecule has 0 saturated carbocycles. The summed E-state index contributed by atoms with van der Waals surface area (Å²) >= 11 is 0. The Morgan fingerprint density at radius 2 is 1.81 bits per heavy atom. The SMILES string of the molecule is COc1ccc(OC)c(C2CCCN2C(=O)Nc2ccc3c(c2)Cc2ccccc2-3)c1. The molecule has 0 bridgehead atoms.